The van der Waals surface area contributed by atoms with Gasteiger partial charge in [0.1, 0.15) is 0 Å². The highest BCUT2D eigenvalue weighted by Gasteiger charge is 2.19. The van der Waals surface area contributed by atoms with Gasteiger partial charge in [0.05, 0.1) is 18.3 Å². The molecule has 0 atom stereocenters. The number of carbonyl (C=O) groups excluding carboxylic acids is 1. The van der Waals surface area contributed by atoms with Crippen molar-refractivity contribution in [1.29, 1.82) is 0 Å². The van der Waals surface area contributed by atoms with Gasteiger partial charge in [-0.2, -0.15) is 5.10 Å². The normalized spacial score (nSPS) is 11.0. The van der Waals surface area contributed by atoms with E-state index in [1.807, 2.05) is 49.7 Å². The van der Waals surface area contributed by atoms with Crippen LogP contribution in [0.25, 0.3) is 11.0 Å². The van der Waals surface area contributed by atoms with Gasteiger partial charge in [0.2, 0.25) is 0 Å². The first-order valence-electron chi connectivity index (χ1n) is 9.81. The molecule has 0 aliphatic carbocycles. The Morgan fingerprint density at radius 1 is 1.03 bits per heavy atom. The lowest BCUT2D eigenvalue weighted by Crippen LogP contribution is -2.31. The highest BCUT2D eigenvalue weighted by Crippen LogP contribution is 2.24. The van der Waals surface area contributed by atoms with Gasteiger partial charge in [-0.1, -0.05) is 42.5 Å². The Morgan fingerprint density at radius 3 is 2.59 bits per heavy atom. The zero-order valence-corrected chi connectivity index (χ0v) is 17.0. The third-order valence-corrected chi connectivity index (χ3v) is 5.11. The smallest absolute Gasteiger partial charge is 0.259 e. The van der Waals surface area contributed by atoms with Crippen molar-refractivity contribution >= 4 is 22.6 Å². The average Bonchev–Trinajstić information content (AvgIpc) is 3.13. The molecule has 0 saturated heterocycles. The number of nitrogens with zero attached hydrogens (tertiary/aromatic N) is 4. The Kier molecular flexibility index (Phi) is 5.12. The minimum atomic E-state index is -0.0496. The van der Waals surface area contributed by atoms with Crippen LogP contribution in [0.4, 0.5) is 5.69 Å². The molecular formula is C24H24N4O. The van der Waals surface area contributed by atoms with Crippen molar-refractivity contribution in [2.45, 2.75) is 27.3 Å². The van der Waals surface area contributed by atoms with Crippen molar-refractivity contribution in [2.75, 3.05) is 11.4 Å². The van der Waals surface area contributed by atoms with Crippen LogP contribution < -0.4 is 4.90 Å². The molecule has 146 valence electrons. The van der Waals surface area contributed by atoms with Gasteiger partial charge in [-0.25, -0.2) is 9.67 Å². The molecule has 0 fully saturated rings. The number of hydrogen-bond donors (Lipinski definition) is 0. The zero-order chi connectivity index (χ0) is 20.4. The minimum absolute atomic E-state index is 0.0496. The molecule has 4 aromatic rings. The number of aryl methyl sites for hydroxylation is 2. The van der Waals surface area contributed by atoms with Gasteiger partial charge in [0.25, 0.3) is 5.91 Å². The third-order valence-electron chi connectivity index (χ3n) is 5.11. The van der Waals surface area contributed by atoms with Crippen LogP contribution in [0.3, 0.4) is 0 Å². The molecule has 5 heteroatoms. The van der Waals surface area contributed by atoms with Crippen molar-refractivity contribution in [3.05, 3.63) is 89.2 Å². The van der Waals surface area contributed by atoms with Crippen LogP contribution in [0, 0.1) is 13.8 Å². The molecule has 0 bridgehead atoms. The van der Waals surface area contributed by atoms with Crippen molar-refractivity contribution in [3.63, 3.8) is 0 Å². The molecule has 4 rings (SSSR count). The van der Waals surface area contributed by atoms with E-state index >= 15 is 0 Å². The molecule has 0 N–H and O–H groups in total. The molecule has 2 aromatic heterocycles. The number of amides is 1. The summed E-state index contributed by atoms with van der Waals surface area (Å²) in [5.74, 6) is -0.0496. The van der Waals surface area contributed by atoms with E-state index < -0.39 is 0 Å². The van der Waals surface area contributed by atoms with E-state index in [4.69, 9.17) is 0 Å². The number of pyridine rings is 1. The summed E-state index contributed by atoms with van der Waals surface area (Å²) in [6.07, 6.45) is 3.43. The molecule has 0 aliphatic rings. The Balaban J connectivity index is 1.65. The van der Waals surface area contributed by atoms with Gasteiger partial charge in [-0.15, -0.1) is 0 Å². The van der Waals surface area contributed by atoms with E-state index in [1.165, 1.54) is 0 Å². The lowest BCUT2D eigenvalue weighted by atomic mass is 10.1. The largest absolute Gasteiger partial charge is 0.308 e. The topological polar surface area (TPSA) is 51.0 Å². The first-order chi connectivity index (χ1) is 14.1. The molecular weight excluding hydrogens is 360 g/mol. The number of aromatic nitrogens is 3. The lowest BCUT2D eigenvalue weighted by Gasteiger charge is -2.23. The van der Waals surface area contributed by atoms with Crippen LogP contribution in [0.5, 0.6) is 0 Å². The highest BCUT2D eigenvalue weighted by molar-refractivity contribution is 6.07. The Bertz CT molecular complexity index is 1160. The van der Waals surface area contributed by atoms with Crippen molar-refractivity contribution < 1.29 is 4.79 Å². The van der Waals surface area contributed by atoms with Gasteiger partial charge in [-0.05, 0) is 49.6 Å². The maximum absolute atomic E-state index is 13.2. The van der Waals surface area contributed by atoms with E-state index in [0.29, 0.717) is 18.7 Å². The van der Waals surface area contributed by atoms with Gasteiger partial charge in [-0.3, -0.25) is 4.79 Å². The number of hydrogen-bond acceptors (Lipinski definition) is 3. The maximum Gasteiger partial charge on any atom is 0.259 e. The van der Waals surface area contributed by atoms with Crippen LogP contribution in [0.1, 0.15) is 34.0 Å². The lowest BCUT2D eigenvalue weighted by molar-refractivity contribution is 0.0988. The third kappa shape index (κ3) is 3.76. The molecule has 0 spiro atoms. The first kappa shape index (κ1) is 18.9. The first-order valence-corrected chi connectivity index (χ1v) is 9.81. The predicted octanol–water partition coefficient (Wildman–Crippen LogP) is 4.76. The average molecular weight is 384 g/mol. The van der Waals surface area contributed by atoms with E-state index in [0.717, 1.165) is 33.4 Å². The second-order valence-electron chi connectivity index (χ2n) is 7.26. The fourth-order valence-corrected chi connectivity index (χ4v) is 3.55. The Morgan fingerprint density at radius 2 is 1.83 bits per heavy atom. The molecule has 2 heterocycles. The molecule has 0 aliphatic heterocycles. The van der Waals surface area contributed by atoms with Gasteiger partial charge >= 0.3 is 0 Å². The standard InChI is InChI=1S/C24H24N4O/c1-4-27(22-12-17(2)10-11-18(22)3)24(29)21-13-20-15-26-28(23(20)25-14-21)16-19-8-6-5-7-9-19/h5-15H,4,16H2,1-3H3. The van der Waals surface area contributed by atoms with Crippen LogP contribution in [0.15, 0.2) is 67.0 Å². The van der Waals surface area contributed by atoms with E-state index in [9.17, 15) is 4.79 Å². The van der Waals surface area contributed by atoms with E-state index in [2.05, 4.69) is 40.4 Å². The summed E-state index contributed by atoms with van der Waals surface area (Å²) in [5, 5.41) is 5.33. The molecule has 29 heavy (non-hydrogen) atoms. The monoisotopic (exact) mass is 384 g/mol. The van der Waals surface area contributed by atoms with Crippen LogP contribution in [-0.2, 0) is 6.54 Å². The fraction of sp³-hybridized carbons (Fsp3) is 0.208. The number of rotatable bonds is 5. The van der Waals surface area contributed by atoms with Gasteiger partial charge in [0.15, 0.2) is 5.65 Å². The number of fused-ring (bicyclic) bond motifs is 1. The summed E-state index contributed by atoms with van der Waals surface area (Å²) in [6, 6.07) is 18.2. The summed E-state index contributed by atoms with van der Waals surface area (Å²) < 4.78 is 1.86. The summed E-state index contributed by atoms with van der Waals surface area (Å²) in [4.78, 5) is 19.6. The van der Waals surface area contributed by atoms with E-state index in [-0.39, 0.29) is 5.91 Å². The molecule has 0 unspecified atom stereocenters. The summed E-state index contributed by atoms with van der Waals surface area (Å²) >= 11 is 0. The fourth-order valence-electron chi connectivity index (χ4n) is 3.55. The summed E-state index contributed by atoms with van der Waals surface area (Å²) in [6.45, 7) is 7.29. The predicted molar refractivity (Wildman–Crippen MR) is 116 cm³/mol. The van der Waals surface area contributed by atoms with Crippen molar-refractivity contribution in [2.24, 2.45) is 0 Å². The van der Waals surface area contributed by atoms with Crippen molar-refractivity contribution in [1.82, 2.24) is 14.8 Å². The number of carbonyl (C=O) groups is 1. The minimum Gasteiger partial charge on any atom is -0.308 e. The Hall–Kier alpha value is -3.47. The van der Waals surface area contributed by atoms with Gasteiger partial charge < -0.3 is 4.90 Å². The van der Waals surface area contributed by atoms with Crippen LogP contribution in [0.2, 0.25) is 0 Å². The second-order valence-corrected chi connectivity index (χ2v) is 7.26. The highest BCUT2D eigenvalue weighted by atomic mass is 16.2. The van der Waals surface area contributed by atoms with Gasteiger partial charge in [0, 0.05) is 23.8 Å². The maximum atomic E-state index is 13.2. The molecule has 0 radical (unpaired) electrons. The molecule has 1 amide bonds. The summed E-state index contributed by atoms with van der Waals surface area (Å²) in [5.41, 5.74) is 5.66. The molecule has 0 saturated carbocycles. The van der Waals surface area contributed by atoms with E-state index in [1.54, 1.807) is 17.3 Å². The quantitative estimate of drug-likeness (QED) is 0.498. The zero-order valence-electron chi connectivity index (χ0n) is 17.0. The second kappa shape index (κ2) is 7.87. The SMILES string of the molecule is CCN(C(=O)c1cnc2c(cnn2Cc2ccccc2)c1)c1cc(C)ccc1C. The van der Waals surface area contributed by atoms with Crippen LogP contribution >= 0.6 is 0 Å². The van der Waals surface area contributed by atoms with Crippen LogP contribution in [-0.4, -0.2) is 27.2 Å². The molecule has 2 aromatic carbocycles. The number of anilines is 1. The summed E-state index contributed by atoms with van der Waals surface area (Å²) in [7, 11) is 0. The molecule has 5 nitrogen and oxygen atoms in total. The Labute approximate surface area is 170 Å². The van der Waals surface area contributed by atoms with Crippen molar-refractivity contribution in [3.8, 4) is 0 Å². The number of benzene rings is 2.